The van der Waals surface area contributed by atoms with E-state index in [0.29, 0.717) is 16.3 Å². The fraction of sp³-hybridized carbons (Fsp3) is 0.133. The Balaban J connectivity index is 2.06. The molecule has 118 valence electrons. The topological polar surface area (TPSA) is 43.1 Å². The molecule has 0 spiro atoms. The van der Waals surface area contributed by atoms with Crippen LogP contribution in [0.25, 0.3) is 5.69 Å². The summed E-state index contributed by atoms with van der Waals surface area (Å²) in [6, 6.07) is 7.64. The molecule has 23 heavy (non-hydrogen) atoms. The molecule has 0 saturated carbocycles. The molecule has 3 rings (SSSR count). The zero-order valence-electron chi connectivity index (χ0n) is 11.9. The molecule has 0 aliphatic rings. The summed E-state index contributed by atoms with van der Waals surface area (Å²) in [6.07, 6.45) is -1.57. The molecule has 0 saturated heterocycles. The quantitative estimate of drug-likeness (QED) is 0.712. The fourth-order valence-electron chi connectivity index (χ4n) is 1.93. The first-order chi connectivity index (χ1) is 10.9. The summed E-state index contributed by atoms with van der Waals surface area (Å²) in [5, 5.41) is 2.47. The van der Waals surface area contributed by atoms with Crippen molar-refractivity contribution in [2.24, 2.45) is 4.99 Å². The van der Waals surface area contributed by atoms with Gasteiger partial charge in [-0.1, -0.05) is 6.07 Å². The Morgan fingerprint density at radius 2 is 2.00 bits per heavy atom. The summed E-state index contributed by atoms with van der Waals surface area (Å²) in [4.78, 5) is 12.2. The molecule has 8 heteroatoms. The number of halogens is 3. The number of rotatable bonds is 2. The van der Waals surface area contributed by atoms with Crippen LogP contribution in [0, 0.1) is 6.92 Å². The lowest BCUT2D eigenvalue weighted by Gasteiger charge is -2.09. The molecule has 0 radical (unpaired) electrons. The Kier molecular flexibility index (Phi) is 3.99. The third-order valence-corrected chi connectivity index (χ3v) is 3.82. The van der Waals surface area contributed by atoms with Gasteiger partial charge in [0, 0.05) is 11.6 Å². The highest BCUT2D eigenvalue weighted by atomic mass is 32.1. The summed E-state index contributed by atoms with van der Waals surface area (Å²) in [5.74, 6) is 0. The van der Waals surface area contributed by atoms with E-state index in [4.69, 9.17) is 0 Å². The SMILES string of the molecule is Cc1csc(/N=c2\ccccn2-c2ccc(C(F)(F)F)nc2)n1. The number of thiazole rings is 1. The van der Waals surface area contributed by atoms with Crippen molar-refractivity contribution in [3.8, 4) is 5.69 Å². The van der Waals surface area contributed by atoms with Gasteiger partial charge < -0.3 is 4.57 Å². The van der Waals surface area contributed by atoms with E-state index in [1.165, 1.54) is 23.6 Å². The number of nitrogens with zero attached hydrogens (tertiary/aromatic N) is 4. The van der Waals surface area contributed by atoms with E-state index in [1.807, 2.05) is 12.3 Å². The van der Waals surface area contributed by atoms with E-state index in [9.17, 15) is 13.2 Å². The standard InChI is InChI=1S/C15H11F3N4S/c1-10-9-23-14(20-10)21-13-4-2-3-7-22(13)11-5-6-12(19-8-11)15(16,17)18/h2-9H,1H3/b21-13+. The number of aromatic nitrogens is 3. The van der Waals surface area contributed by atoms with E-state index >= 15 is 0 Å². The minimum absolute atomic E-state index is 0.491. The van der Waals surface area contributed by atoms with Gasteiger partial charge in [0.05, 0.1) is 17.6 Å². The molecule has 0 bridgehead atoms. The van der Waals surface area contributed by atoms with Crippen LogP contribution in [0.15, 0.2) is 53.1 Å². The lowest BCUT2D eigenvalue weighted by Crippen LogP contribution is -2.18. The van der Waals surface area contributed by atoms with Crippen molar-refractivity contribution in [1.29, 1.82) is 0 Å². The highest BCUT2D eigenvalue weighted by Crippen LogP contribution is 2.27. The molecular weight excluding hydrogens is 325 g/mol. The minimum Gasteiger partial charge on any atom is -0.300 e. The van der Waals surface area contributed by atoms with E-state index < -0.39 is 11.9 Å². The maximum atomic E-state index is 12.6. The van der Waals surface area contributed by atoms with Crippen LogP contribution in [0.5, 0.6) is 0 Å². The summed E-state index contributed by atoms with van der Waals surface area (Å²) in [7, 11) is 0. The van der Waals surface area contributed by atoms with Crippen LogP contribution in [0.3, 0.4) is 0 Å². The molecule has 0 aliphatic carbocycles. The van der Waals surface area contributed by atoms with E-state index in [0.717, 1.165) is 11.8 Å². The second-order valence-corrected chi connectivity index (χ2v) is 5.55. The van der Waals surface area contributed by atoms with Gasteiger partial charge in [-0.2, -0.15) is 13.2 Å². The largest absolute Gasteiger partial charge is 0.433 e. The highest BCUT2D eigenvalue weighted by Gasteiger charge is 2.32. The number of aryl methyl sites for hydroxylation is 1. The smallest absolute Gasteiger partial charge is 0.300 e. The molecule has 0 unspecified atom stereocenters. The molecule has 0 aliphatic heterocycles. The van der Waals surface area contributed by atoms with E-state index in [1.54, 1.807) is 29.0 Å². The van der Waals surface area contributed by atoms with Crippen LogP contribution in [0.1, 0.15) is 11.4 Å². The van der Waals surface area contributed by atoms with E-state index in [-0.39, 0.29) is 0 Å². The molecule has 0 amide bonds. The second-order valence-electron chi connectivity index (χ2n) is 4.71. The van der Waals surface area contributed by atoms with Crippen LogP contribution in [-0.2, 0) is 6.18 Å². The summed E-state index contributed by atoms with van der Waals surface area (Å²) in [6.45, 7) is 1.87. The van der Waals surface area contributed by atoms with Gasteiger partial charge >= 0.3 is 6.18 Å². The summed E-state index contributed by atoms with van der Waals surface area (Å²) < 4.78 is 39.4. The third kappa shape index (κ3) is 3.48. The minimum atomic E-state index is -4.45. The predicted molar refractivity (Wildman–Crippen MR) is 80.6 cm³/mol. The van der Waals surface area contributed by atoms with Crippen LogP contribution in [0.4, 0.5) is 18.3 Å². The molecule has 3 aromatic rings. The maximum Gasteiger partial charge on any atom is 0.433 e. The molecule has 0 fully saturated rings. The number of alkyl halides is 3. The lowest BCUT2D eigenvalue weighted by atomic mass is 10.3. The van der Waals surface area contributed by atoms with Gasteiger partial charge in [0.2, 0.25) is 5.13 Å². The molecular formula is C15H11F3N4S. The van der Waals surface area contributed by atoms with Crippen molar-refractivity contribution in [3.63, 3.8) is 0 Å². The predicted octanol–water partition coefficient (Wildman–Crippen LogP) is 3.89. The Labute approximate surface area is 133 Å². The van der Waals surface area contributed by atoms with Gasteiger partial charge in [0.1, 0.15) is 11.2 Å². The summed E-state index contributed by atoms with van der Waals surface area (Å²) >= 11 is 1.40. The first-order valence-electron chi connectivity index (χ1n) is 6.62. The molecule has 4 nitrogen and oxygen atoms in total. The summed E-state index contributed by atoms with van der Waals surface area (Å²) in [5.41, 5.74) is 0.994. The van der Waals surface area contributed by atoms with Gasteiger partial charge in [-0.05, 0) is 31.2 Å². The van der Waals surface area contributed by atoms with Crippen molar-refractivity contribution in [1.82, 2.24) is 14.5 Å². The normalized spacial score (nSPS) is 12.6. The Hall–Kier alpha value is -2.48. The highest BCUT2D eigenvalue weighted by molar-refractivity contribution is 7.13. The lowest BCUT2D eigenvalue weighted by molar-refractivity contribution is -0.141. The first kappa shape index (κ1) is 15.4. The second kappa shape index (κ2) is 5.96. The average Bonchev–Trinajstić information content (AvgIpc) is 2.92. The van der Waals surface area contributed by atoms with Gasteiger partial charge in [-0.3, -0.25) is 0 Å². The zero-order valence-corrected chi connectivity index (χ0v) is 12.8. The Bertz CT molecular complexity index is 878. The van der Waals surface area contributed by atoms with Crippen molar-refractivity contribution in [2.45, 2.75) is 13.1 Å². The first-order valence-corrected chi connectivity index (χ1v) is 7.49. The monoisotopic (exact) mass is 336 g/mol. The maximum absolute atomic E-state index is 12.6. The van der Waals surface area contributed by atoms with Gasteiger partial charge in [0.25, 0.3) is 0 Å². The van der Waals surface area contributed by atoms with Crippen molar-refractivity contribution < 1.29 is 13.2 Å². The van der Waals surface area contributed by atoms with Gasteiger partial charge in [-0.25, -0.2) is 15.0 Å². The van der Waals surface area contributed by atoms with Gasteiger partial charge in [-0.15, -0.1) is 11.3 Å². The van der Waals surface area contributed by atoms with Crippen molar-refractivity contribution in [2.75, 3.05) is 0 Å². The molecule has 0 aromatic carbocycles. The van der Waals surface area contributed by atoms with Crippen LogP contribution >= 0.6 is 11.3 Å². The van der Waals surface area contributed by atoms with E-state index in [2.05, 4.69) is 15.0 Å². The Morgan fingerprint density at radius 3 is 2.61 bits per heavy atom. The zero-order chi connectivity index (χ0) is 16.4. The Morgan fingerprint density at radius 1 is 1.17 bits per heavy atom. The number of hydrogen-bond acceptors (Lipinski definition) is 4. The van der Waals surface area contributed by atoms with Crippen LogP contribution < -0.4 is 5.49 Å². The molecule has 0 N–H and O–H groups in total. The molecule has 3 heterocycles. The van der Waals surface area contributed by atoms with Crippen molar-refractivity contribution >= 4 is 16.5 Å². The van der Waals surface area contributed by atoms with Crippen LogP contribution in [-0.4, -0.2) is 14.5 Å². The van der Waals surface area contributed by atoms with Gasteiger partial charge in [0.15, 0.2) is 0 Å². The number of hydrogen-bond donors (Lipinski definition) is 0. The van der Waals surface area contributed by atoms with Crippen LogP contribution in [0.2, 0.25) is 0 Å². The van der Waals surface area contributed by atoms with Crippen molar-refractivity contribution in [3.05, 3.63) is 65.0 Å². The molecule has 0 atom stereocenters. The fourth-order valence-corrected chi connectivity index (χ4v) is 2.60. The number of pyridine rings is 2. The average molecular weight is 336 g/mol. The molecule has 3 aromatic heterocycles. The third-order valence-electron chi connectivity index (χ3n) is 2.97.